The van der Waals surface area contributed by atoms with E-state index >= 15 is 0 Å². The highest BCUT2D eigenvalue weighted by Crippen LogP contribution is 2.55. The molecule has 4 bridgehead atoms. The molecular formula is C19H23F3N4O2S. The van der Waals surface area contributed by atoms with Gasteiger partial charge in [-0.1, -0.05) is 11.8 Å². The fourth-order valence-electron chi connectivity index (χ4n) is 5.52. The Morgan fingerprint density at radius 1 is 1.17 bits per heavy atom. The van der Waals surface area contributed by atoms with Crippen molar-refractivity contribution < 1.29 is 22.8 Å². The van der Waals surface area contributed by atoms with Crippen LogP contribution in [0.2, 0.25) is 0 Å². The Kier molecular flexibility index (Phi) is 5.25. The van der Waals surface area contributed by atoms with E-state index in [0.29, 0.717) is 17.8 Å². The first-order chi connectivity index (χ1) is 13.6. The summed E-state index contributed by atoms with van der Waals surface area (Å²) in [5.74, 6) is 1.39. The van der Waals surface area contributed by atoms with Crippen LogP contribution in [0.1, 0.15) is 51.1 Å². The molecule has 1 aromatic heterocycles. The van der Waals surface area contributed by atoms with E-state index in [4.69, 9.17) is 0 Å². The van der Waals surface area contributed by atoms with E-state index in [1.807, 2.05) is 0 Å². The summed E-state index contributed by atoms with van der Waals surface area (Å²) < 4.78 is 38.3. The van der Waals surface area contributed by atoms with Crippen LogP contribution in [0, 0.1) is 17.8 Å². The lowest BCUT2D eigenvalue weighted by atomic mass is 9.53. The maximum atomic E-state index is 12.8. The molecule has 4 aliphatic rings. The second kappa shape index (κ2) is 7.45. The first-order valence-corrected chi connectivity index (χ1v) is 10.7. The number of hydrogen-bond acceptors (Lipinski definition) is 5. The van der Waals surface area contributed by atoms with Crippen molar-refractivity contribution >= 4 is 23.7 Å². The van der Waals surface area contributed by atoms with E-state index in [1.165, 1.54) is 26.2 Å². The highest BCUT2D eigenvalue weighted by molar-refractivity contribution is 8.00. The molecule has 4 saturated carbocycles. The minimum absolute atomic E-state index is 0.163. The molecule has 0 radical (unpaired) electrons. The van der Waals surface area contributed by atoms with Gasteiger partial charge in [-0.25, -0.2) is 14.8 Å². The minimum Gasteiger partial charge on any atom is -0.332 e. The Balaban J connectivity index is 1.33. The predicted octanol–water partition coefficient (Wildman–Crippen LogP) is 3.77. The van der Waals surface area contributed by atoms with E-state index in [0.717, 1.165) is 43.3 Å². The number of alkyl halides is 3. The van der Waals surface area contributed by atoms with Crippen LogP contribution in [0.4, 0.5) is 18.0 Å². The van der Waals surface area contributed by atoms with Gasteiger partial charge in [0, 0.05) is 11.7 Å². The molecule has 29 heavy (non-hydrogen) atoms. The maximum Gasteiger partial charge on any atom is 0.433 e. The van der Waals surface area contributed by atoms with Crippen molar-refractivity contribution in [3.63, 3.8) is 0 Å². The number of aromatic nitrogens is 2. The number of imide groups is 1. The van der Waals surface area contributed by atoms with E-state index in [1.54, 1.807) is 0 Å². The zero-order valence-electron chi connectivity index (χ0n) is 16.0. The molecule has 0 saturated heterocycles. The zero-order valence-corrected chi connectivity index (χ0v) is 16.8. The third-order valence-corrected chi connectivity index (χ3v) is 7.20. The molecular weight excluding hydrogens is 405 g/mol. The second-order valence-electron chi connectivity index (χ2n) is 8.62. The molecule has 10 heteroatoms. The number of halogens is 3. The van der Waals surface area contributed by atoms with Crippen molar-refractivity contribution in [1.29, 1.82) is 0 Å². The number of nitrogens with one attached hydrogen (secondary N) is 2. The second-order valence-corrected chi connectivity index (χ2v) is 9.93. The van der Waals surface area contributed by atoms with Gasteiger partial charge in [0.25, 0.3) is 0 Å². The minimum atomic E-state index is -4.58. The molecule has 5 rings (SSSR count). The van der Waals surface area contributed by atoms with Crippen LogP contribution >= 0.6 is 11.8 Å². The third kappa shape index (κ3) is 4.51. The average molecular weight is 428 g/mol. The highest BCUT2D eigenvalue weighted by Gasteiger charge is 2.51. The monoisotopic (exact) mass is 428 g/mol. The molecule has 158 valence electrons. The number of rotatable bonds is 4. The molecule has 2 N–H and O–H groups in total. The van der Waals surface area contributed by atoms with Crippen LogP contribution in [-0.4, -0.2) is 32.7 Å². The summed E-state index contributed by atoms with van der Waals surface area (Å²) in [5, 5.41) is 4.39. The molecule has 0 unspecified atom stereocenters. The molecule has 1 aromatic rings. The van der Waals surface area contributed by atoms with E-state index in [2.05, 4.69) is 20.6 Å². The summed E-state index contributed by atoms with van der Waals surface area (Å²) in [6, 6.07) is 0.239. The zero-order chi connectivity index (χ0) is 20.8. The number of carbonyl (C=O) groups is 2. The van der Waals surface area contributed by atoms with Crippen LogP contribution in [0.25, 0.3) is 0 Å². The number of carbonyl (C=O) groups excluding carboxylic acids is 2. The largest absolute Gasteiger partial charge is 0.433 e. The van der Waals surface area contributed by atoms with Gasteiger partial charge in [-0.15, -0.1) is 0 Å². The van der Waals surface area contributed by atoms with Crippen LogP contribution in [-0.2, 0) is 11.0 Å². The maximum absolute atomic E-state index is 12.8. The molecule has 0 aromatic carbocycles. The lowest BCUT2D eigenvalue weighted by Gasteiger charge is -2.56. The number of amides is 3. The van der Waals surface area contributed by atoms with E-state index < -0.39 is 29.1 Å². The summed E-state index contributed by atoms with van der Waals surface area (Å²) in [4.78, 5) is 32.0. The van der Waals surface area contributed by atoms with Gasteiger partial charge in [0.15, 0.2) is 5.16 Å². The van der Waals surface area contributed by atoms with Gasteiger partial charge in [0.1, 0.15) is 5.69 Å². The third-order valence-electron chi connectivity index (χ3n) is 6.23. The summed E-state index contributed by atoms with van der Waals surface area (Å²) in [7, 11) is 0. The molecule has 1 atom stereocenters. The van der Waals surface area contributed by atoms with Gasteiger partial charge >= 0.3 is 12.2 Å². The lowest BCUT2D eigenvalue weighted by Crippen LogP contribution is -2.62. The standard InChI is InChI=1S/C19H23F3N4O2S/c1-10(29-17-23-3-2-14(24-17)19(20,21)22)15(27)25-16(28)26-18-7-11-4-12(8-18)6-13(5-11)9-18/h2-3,10-13H,4-9H2,1H3,(H2,25,26,27,28)/t10-,11?,12?,13?,18?/m1/s1. The van der Waals surface area contributed by atoms with Crippen molar-refractivity contribution in [1.82, 2.24) is 20.6 Å². The SMILES string of the molecule is C[C@@H](Sc1nccc(C(F)(F)F)n1)C(=O)NC(=O)NC12CC3CC(CC(C3)C1)C2. The topological polar surface area (TPSA) is 84.0 Å². The van der Waals surface area contributed by atoms with Crippen LogP contribution in [0.15, 0.2) is 17.4 Å². The van der Waals surface area contributed by atoms with Crippen molar-refractivity contribution in [2.75, 3.05) is 0 Å². The molecule has 4 fully saturated rings. The van der Waals surface area contributed by atoms with Crippen molar-refractivity contribution in [2.45, 2.75) is 67.6 Å². The van der Waals surface area contributed by atoms with Gasteiger partial charge in [-0.3, -0.25) is 10.1 Å². The van der Waals surface area contributed by atoms with Crippen LogP contribution < -0.4 is 10.6 Å². The molecule has 1 heterocycles. The summed E-state index contributed by atoms with van der Waals surface area (Å²) >= 11 is 0.780. The fraction of sp³-hybridized carbons (Fsp3) is 0.684. The number of nitrogens with zero attached hydrogens (tertiary/aromatic N) is 2. The normalized spacial score (nSPS) is 31.4. The summed E-state index contributed by atoms with van der Waals surface area (Å²) in [6.07, 6.45) is 3.03. The Labute approximate surface area is 170 Å². The quantitative estimate of drug-likeness (QED) is 0.563. The van der Waals surface area contributed by atoms with Gasteiger partial charge in [0.2, 0.25) is 5.91 Å². The lowest BCUT2D eigenvalue weighted by molar-refractivity contribution is -0.141. The van der Waals surface area contributed by atoms with E-state index in [9.17, 15) is 22.8 Å². The van der Waals surface area contributed by atoms with E-state index in [-0.39, 0.29) is 10.7 Å². The smallest absolute Gasteiger partial charge is 0.332 e. The van der Waals surface area contributed by atoms with Crippen molar-refractivity contribution in [2.24, 2.45) is 17.8 Å². The Hall–Kier alpha value is -1.84. The van der Waals surface area contributed by atoms with Gasteiger partial charge < -0.3 is 5.32 Å². The van der Waals surface area contributed by atoms with Gasteiger partial charge in [-0.2, -0.15) is 13.2 Å². The number of hydrogen-bond donors (Lipinski definition) is 2. The van der Waals surface area contributed by atoms with Gasteiger partial charge in [0.05, 0.1) is 5.25 Å². The fourth-order valence-corrected chi connectivity index (χ4v) is 6.27. The molecule has 4 aliphatic carbocycles. The van der Waals surface area contributed by atoms with Crippen molar-refractivity contribution in [3.05, 3.63) is 18.0 Å². The Bertz CT molecular complexity index is 782. The summed E-state index contributed by atoms with van der Waals surface area (Å²) in [6.45, 7) is 1.50. The van der Waals surface area contributed by atoms with Crippen LogP contribution in [0.5, 0.6) is 0 Å². The highest BCUT2D eigenvalue weighted by atomic mass is 32.2. The first-order valence-electron chi connectivity index (χ1n) is 9.82. The molecule has 0 aliphatic heterocycles. The number of urea groups is 1. The Morgan fingerprint density at radius 3 is 2.31 bits per heavy atom. The molecule has 3 amide bonds. The molecule has 6 nitrogen and oxygen atoms in total. The molecule has 0 spiro atoms. The van der Waals surface area contributed by atoms with Crippen LogP contribution in [0.3, 0.4) is 0 Å². The van der Waals surface area contributed by atoms with Gasteiger partial charge in [-0.05, 0) is 69.3 Å². The predicted molar refractivity (Wildman–Crippen MR) is 99.9 cm³/mol. The first kappa shape index (κ1) is 20.4. The number of thioether (sulfide) groups is 1. The average Bonchev–Trinajstić information content (AvgIpc) is 2.59. The Morgan fingerprint density at radius 2 is 1.76 bits per heavy atom. The van der Waals surface area contributed by atoms with Crippen molar-refractivity contribution in [3.8, 4) is 0 Å². The summed E-state index contributed by atoms with van der Waals surface area (Å²) in [5.41, 5.74) is -1.29.